The third-order valence-corrected chi connectivity index (χ3v) is 3.46. The van der Waals surface area contributed by atoms with Crippen molar-refractivity contribution >= 4 is 5.91 Å². The molecule has 0 aliphatic carbocycles. The molecule has 0 aliphatic rings. The molecule has 1 heterocycles. The Morgan fingerprint density at radius 3 is 2.52 bits per heavy atom. The minimum atomic E-state index is -0.283. The Bertz CT molecular complexity index is 750. The fraction of sp³-hybridized carbons (Fsp3) is 0.333. The third kappa shape index (κ3) is 4.22. The zero-order chi connectivity index (χ0) is 17.0. The molecule has 5 nitrogen and oxygen atoms in total. The lowest BCUT2D eigenvalue weighted by Crippen LogP contribution is -2.29. The number of para-hydroxylation sites is 1. The van der Waals surface area contributed by atoms with Crippen LogP contribution in [-0.4, -0.2) is 16.6 Å². The molecule has 0 spiro atoms. The number of pyridine rings is 1. The standard InChI is InChI=1S/C18H22N2O3/c1-12(2)23-16-8-6-5-7-15(16)13(3)19-18(22)14-9-10-20(4)17(21)11-14/h5-13H,1-4H3,(H,19,22). The normalized spacial score (nSPS) is 12.0. The number of aryl methyl sites for hydroxylation is 1. The summed E-state index contributed by atoms with van der Waals surface area (Å²) in [6.07, 6.45) is 1.63. The molecule has 1 N–H and O–H groups in total. The molecule has 0 aliphatic heterocycles. The number of rotatable bonds is 5. The van der Waals surface area contributed by atoms with Crippen LogP contribution in [-0.2, 0) is 7.05 Å². The lowest BCUT2D eigenvalue weighted by molar-refractivity contribution is 0.0939. The Balaban J connectivity index is 2.18. The molecular weight excluding hydrogens is 292 g/mol. The molecule has 1 unspecified atom stereocenters. The predicted molar refractivity (Wildman–Crippen MR) is 89.8 cm³/mol. The first-order chi connectivity index (χ1) is 10.9. The van der Waals surface area contributed by atoms with Gasteiger partial charge in [0.15, 0.2) is 0 Å². The van der Waals surface area contributed by atoms with E-state index in [9.17, 15) is 9.59 Å². The summed E-state index contributed by atoms with van der Waals surface area (Å²) in [4.78, 5) is 24.0. The van der Waals surface area contributed by atoms with E-state index in [0.717, 1.165) is 11.3 Å². The molecular formula is C18H22N2O3. The third-order valence-electron chi connectivity index (χ3n) is 3.46. The summed E-state index contributed by atoms with van der Waals surface area (Å²) < 4.78 is 7.21. The first-order valence-electron chi connectivity index (χ1n) is 7.61. The summed E-state index contributed by atoms with van der Waals surface area (Å²) in [7, 11) is 1.64. The molecule has 0 radical (unpaired) electrons. The molecule has 1 atom stereocenters. The lowest BCUT2D eigenvalue weighted by atomic mass is 10.1. The maximum Gasteiger partial charge on any atom is 0.252 e. The lowest BCUT2D eigenvalue weighted by Gasteiger charge is -2.20. The van der Waals surface area contributed by atoms with E-state index in [0.29, 0.717) is 5.56 Å². The molecule has 0 saturated heterocycles. The van der Waals surface area contributed by atoms with Crippen molar-refractivity contribution in [3.8, 4) is 5.75 Å². The fourth-order valence-electron chi connectivity index (χ4n) is 2.25. The Labute approximate surface area is 135 Å². The van der Waals surface area contributed by atoms with Gasteiger partial charge in [-0.2, -0.15) is 0 Å². The molecule has 5 heteroatoms. The summed E-state index contributed by atoms with van der Waals surface area (Å²) in [5.41, 5.74) is 1.04. The van der Waals surface area contributed by atoms with E-state index in [1.165, 1.54) is 10.6 Å². The number of amides is 1. The first kappa shape index (κ1) is 16.8. The van der Waals surface area contributed by atoms with Crippen LogP contribution in [0.3, 0.4) is 0 Å². The highest BCUT2D eigenvalue weighted by Gasteiger charge is 2.16. The van der Waals surface area contributed by atoms with Gasteiger partial charge < -0.3 is 14.6 Å². The Hall–Kier alpha value is -2.56. The molecule has 0 bridgehead atoms. The van der Waals surface area contributed by atoms with Crippen LogP contribution in [0, 0.1) is 0 Å². The van der Waals surface area contributed by atoms with E-state index < -0.39 is 0 Å². The zero-order valence-corrected chi connectivity index (χ0v) is 13.9. The number of aromatic nitrogens is 1. The van der Waals surface area contributed by atoms with Gasteiger partial charge in [-0.05, 0) is 32.9 Å². The van der Waals surface area contributed by atoms with Gasteiger partial charge in [0.1, 0.15) is 5.75 Å². The maximum atomic E-state index is 12.3. The minimum Gasteiger partial charge on any atom is -0.491 e. The van der Waals surface area contributed by atoms with Crippen molar-refractivity contribution in [2.45, 2.75) is 32.9 Å². The van der Waals surface area contributed by atoms with E-state index in [-0.39, 0.29) is 23.6 Å². The van der Waals surface area contributed by atoms with Gasteiger partial charge in [-0.25, -0.2) is 0 Å². The monoisotopic (exact) mass is 314 g/mol. The van der Waals surface area contributed by atoms with Crippen LogP contribution >= 0.6 is 0 Å². The highest BCUT2D eigenvalue weighted by atomic mass is 16.5. The van der Waals surface area contributed by atoms with Crippen LogP contribution < -0.4 is 15.6 Å². The molecule has 2 rings (SSSR count). The summed E-state index contributed by atoms with van der Waals surface area (Å²) in [6, 6.07) is 10.3. The summed E-state index contributed by atoms with van der Waals surface area (Å²) >= 11 is 0. The molecule has 1 amide bonds. The topological polar surface area (TPSA) is 60.3 Å². The molecule has 1 aromatic carbocycles. The summed E-state index contributed by atoms with van der Waals surface area (Å²) in [5.74, 6) is 0.467. The number of nitrogens with one attached hydrogen (secondary N) is 1. The van der Waals surface area contributed by atoms with Crippen molar-refractivity contribution in [3.05, 3.63) is 64.1 Å². The van der Waals surface area contributed by atoms with Gasteiger partial charge in [0.2, 0.25) is 0 Å². The number of carbonyl (C=O) groups is 1. The molecule has 0 fully saturated rings. The quantitative estimate of drug-likeness (QED) is 0.923. The van der Waals surface area contributed by atoms with Crippen LogP contribution in [0.25, 0.3) is 0 Å². The number of nitrogens with zero attached hydrogens (tertiary/aromatic N) is 1. The second-order valence-electron chi connectivity index (χ2n) is 5.76. The number of hydrogen-bond donors (Lipinski definition) is 1. The Kier molecular flexibility index (Phi) is 5.21. The van der Waals surface area contributed by atoms with Gasteiger partial charge in [0.05, 0.1) is 12.1 Å². The minimum absolute atomic E-state index is 0.0520. The van der Waals surface area contributed by atoms with Crippen LogP contribution in [0.5, 0.6) is 5.75 Å². The van der Waals surface area contributed by atoms with Gasteiger partial charge in [-0.15, -0.1) is 0 Å². The maximum absolute atomic E-state index is 12.3. The zero-order valence-electron chi connectivity index (χ0n) is 13.9. The summed E-state index contributed by atoms with van der Waals surface area (Å²) in [5, 5.41) is 2.91. The second kappa shape index (κ2) is 7.13. The largest absolute Gasteiger partial charge is 0.491 e. The SMILES string of the molecule is CC(C)Oc1ccccc1C(C)NC(=O)c1ccn(C)c(=O)c1. The fourth-order valence-corrected chi connectivity index (χ4v) is 2.25. The Morgan fingerprint density at radius 1 is 1.17 bits per heavy atom. The molecule has 23 heavy (non-hydrogen) atoms. The van der Waals surface area contributed by atoms with Crippen molar-refractivity contribution in [1.82, 2.24) is 9.88 Å². The number of ether oxygens (including phenoxy) is 1. The van der Waals surface area contributed by atoms with Gasteiger partial charge in [0.25, 0.3) is 11.5 Å². The van der Waals surface area contributed by atoms with Gasteiger partial charge >= 0.3 is 0 Å². The molecule has 1 aromatic heterocycles. The van der Waals surface area contributed by atoms with E-state index in [1.54, 1.807) is 19.3 Å². The van der Waals surface area contributed by atoms with Crippen LogP contribution in [0.15, 0.2) is 47.4 Å². The van der Waals surface area contributed by atoms with Gasteiger partial charge in [0, 0.05) is 30.4 Å². The van der Waals surface area contributed by atoms with Crippen LogP contribution in [0.4, 0.5) is 0 Å². The van der Waals surface area contributed by atoms with Crippen molar-refractivity contribution in [3.63, 3.8) is 0 Å². The number of carbonyl (C=O) groups excluding carboxylic acids is 1. The van der Waals surface area contributed by atoms with Crippen LogP contribution in [0.2, 0.25) is 0 Å². The average Bonchev–Trinajstić information content (AvgIpc) is 2.49. The predicted octanol–water partition coefficient (Wildman–Crippen LogP) is 2.66. The first-order valence-corrected chi connectivity index (χ1v) is 7.61. The number of hydrogen-bond acceptors (Lipinski definition) is 3. The van der Waals surface area contributed by atoms with E-state index in [2.05, 4.69) is 5.32 Å². The van der Waals surface area contributed by atoms with Crippen molar-refractivity contribution in [2.75, 3.05) is 0 Å². The van der Waals surface area contributed by atoms with E-state index in [4.69, 9.17) is 4.74 Å². The molecule has 0 saturated carbocycles. The smallest absolute Gasteiger partial charge is 0.252 e. The highest BCUT2D eigenvalue weighted by molar-refractivity contribution is 5.94. The van der Waals surface area contributed by atoms with Crippen molar-refractivity contribution < 1.29 is 9.53 Å². The second-order valence-corrected chi connectivity index (χ2v) is 5.76. The van der Waals surface area contributed by atoms with Gasteiger partial charge in [-0.1, -0.05) is 18.2 Å². The van der Waals surface area contributed by atoms with Crippen molar-refractivity contribution in [1.29, 1.82) is 0 Å². The van der Waals surface area contributed by atoms with Crippen molar-refractivity contribution in [2.24, 2.45) is 7.05 Å². The van der Waals surface area contributed by atoms with E-state index in [1.807, 2.05) is 45.0 Å². The van der Waals surface area contributed by atoms with Gasteiger partial charge in [-0.3, -0.25) is 9.59 Å². The summed E-state index contributed by atoms with van der Waals surface area (Å²) in [6.45, 7) is 5.81. The number of benzene rings is 1. The van der Waals surface area contributed by atoms with E-state index >= 15 is 0 Å². The average molecular weight is 314 g/mol. The molecule has 2 aromatic rings. The highest BCUT2D eigenvalue weighted by Crippen LogP contribution is 2.25. The molecule has 122 valence electrons. The van der Waals surface area contributed by atoms with Crippen LogP contribution in [0.1, 0.15) is 42.7 Å². The Morgan fingerprint density at radius 2 is 1.87 bits per heavy atom.